The molecule has 0 saturated heterocycles. The van der Waals surface area contributed by atoms with Crippen LogP contribution in [0.5, 0.6) is 0 Å². The molecule has 0 aliphatic carbocycles. The van der Waals surface area contributed by atoms with Gasteiger partial charge in [-0.25, -0.2) is 8.78 Å². The molecule has 0 spiro atoms. The molecule has 21 heavy (non-hydrogen) atoms. The molecule has 0 aliphatic heterocycles. The number of rotatable bonds is 7. The molecule has 3 nitrogen and oxygen atoms in total. The summed E-state index contributed by atoms with van der Waals surface area (Å²) in [6, 6.07) is 3.54. The molecule has 0 saturated carbocycles. The third-order valence-corrected chi connectivity index (χ3v) is 3.66. The van der Waals surface area contributed by atoms with Gasteiger partial charge >= 0.3 is 0 Å². The Morgan fingerprint density at radius 2 is 2.00 bits per heavy atom. The Labute approximate surface area is 134 Å². The first-order chi connectivity index (χ1) is 9.42. The zero-order chi connectivity index (χ0) is 15.1. The monoisotopic (exact) mass is 338 g/mol. The molecule has 0 bridgehead atoms. The predicted molar refractivity (Wildman–Crippen MR) is 84.8 cm³/mol. The van der Waals surface area contributed by atoms with E-state index in [0.717, 1.165) is 30.3 Å². The molecular formula is C14H21ClF2N2OS. The smallest absolute Gasteiger partial charge is 0.230 e. The van der Waals surface area contributed by atoms with E-state index < -0.39 is 11.6 Å². The highest BCUT2D eigenvalue weighted by Gasteiger charge is 2.13. The summed E-state index contributed by atoms with van der Waals surface area (Å²) in [6.07, 6.45) is 0.818. The van der Waals surface area contributed by atoms with Crippen LogP contribution in [0.3, 0.4) is 0 Å². The maximum Gasteiger partial charge on any atom is 0.230 e. The molecule has 0 radical (unpaired) electrons. The molecule has 1 amide bonds. The third kappa shape index (κ3) is 7.64. The fraction of sp³-hybridized carbons (Fsp3) is 0.500. The maximum atomic E-state index is 13.0. The van der Waals surface area contributed by atoms with E-state index in [1.807, 2.05) is 0 Å². The van der Waals surface area contributed by atoms with E-state index in [1.165, 1.54) is 6.07 Å². The first-order valence-electron chi connectivity index (χ1n) is 6.49. The van der Waals surface area contributed by atoms with Crippen LogP contribution in [-0.2, 0) is 4.79 Å². The van der Waals surface area contributed by atoms with E-state index in [1.54, 1.807) is 0 Å². The van der Waals surface area contributed by atoms with Crippen LogP contribution in [0.25, 0.3) is 0 Å². The Morgan fingerprint density at radius 1 is 1.33 bits per heavy atom. The molecule has 1 aromatic rings. The van der Waals surface area contributed by atoms with Gasteiger partial charge in [-0.1, -0.05) is 13.8 Å². The molecule has 3 N–H and O–H groups in total. The minimum absolute atomic E-state index is 0. The average molecular weight is 339 g/mol. The van der Waals surface area contributed by atoms with Crippen molar-refractivity contribution in [2.24, 2.45) is 11.7 Å². The Bertz CT molecular complexity index is 461. The van der Waals surface area contributed by atoms with Crippen molar-refractivity contribution >= 4 is 30.1 Å². The van der Waals surface area contributed by atoms with Crippen molar-refractivity contribution in [3.8, 4) is 0 Å². The molecule has 0 heterocycles. The molecule has 1 atom stereocenters. The molecule has 0 fully saturated rings. The van der Waals surface area contributed by atoms with E-state index in [0.29, 0.717) is 17.4 Å². The highest BCUT2D eigenvalue weighted by molar-refractivity contribution is 8.00. The highest BCUT2D eigenvalue weighted by Crippen LogP contribution is 2.20. The van der Waals surface area contributed by atoms with Crippen LogP contribution in [0.2, 0.25) is 0 Å². The van der Waals surface area contributed by atoms with E-state index in [2.05, 4.69) is 19.2 Å². The van der Waals surface area contributed by atoms with Crippen LogP contribution in [0.15, 0.2) is 23.1 Å². The number of hydrogen-bond donors (Lipinski definition) is 2. The second-order valence-corrected chi connectivity index (χ2v) is 6.04. The summed E-state index contributed by atoms with van der Waals surface area (Å²) in [5, 5.41) is 2.84. The summed E-state index contributed by atoms with van der Waals surface area (Å²) in [6.45, 7) is 4.51. The number of nitrogens with two attached hydrogens (primary N) is 1. The van der Waals surface area contributed by atoms with Gasteiger partial charge in [0.1, 0.15) is 0 Å². The molecule has 120 valence electrons. The first kappa shape index (κ1) is 20.1. The summed E-state index contributed by atoms with van der Waals surface area (Å²) in [5.74, 6) is -1.35. The fourth-order valence-corrected chi connectivity index (χ4v) is 2.50. The third-order valence-electron chi connectivity index (χ3n) is 2.67. The minimum atomic E-state index is -0.907. The van der Waals surface area contributed by atoms with Gasteiger partial charge in [0.15, 0.2) is 11.6 Å². The second kappa shape index (κ2) is 9.97. The largest absolute Gasteiger partial charge is 0.351 e. The second-order valence-electron chi connectivity index (χ2n) is 4.99. The SMILES string of the molecule is CC(C)CC(CN)NC(=O)CSc1ccc(F)c(F)c1.Cl. The molecule has 1 unspecified atom stereocenters. The van der Waals surface area contributed by atoms with Gasteiger partial charge in [0.05, 0.1) is 5.75 Å². The van der Waals surface area contributed by atoms with Gasteiger partial charge in [0.2, 0.25) is 5.91 Å². The van der Waals surface area contributed by atoms with E-state index >= 15 is 0 Å². The van der Waals surface area contributed by atoms with Gasteiger partial charge in [-0.15, -0.1) is 24.2 Å². The van der Waals surface area contributed by atoms with Crippen LogP contribution >= 0.6 is 24.2 Å². The van der Waals surface area contributed by atoms with Crippen molar-refractivity contribution in [3.05, 3.63) is 29.8 Å². The Hall–Kier alpha value is -0.850. The van der Waals surface area contributed by atoms with Gasteiger partial charge in [-0.05, 0) is 30.5 Å². The van der Waals surface area contributed by atoms with E-state index in [4.69, 9.17) is 5.73 Å². The van der Waals surface area contributed by atoms with Gasteiger partial charge in [-0.2, -0.15) is 0 Å². The van der Waals surface area contributed by atoms with Crippen LogP contribution < -0.4 is 11.1 Å². The van der Waals surface area contributed by atoms with E-state index in [-0.39, 0.29) is 30.1 Å². The number of hydrogen-bond acceptors (Lipinski definition) is 3. The Kier molecular flexibility index (Phi) is 9.57. The van der Waals surface area contributed by atoms with Crippen molar-refractivity contribution in [2.75, 3.05) is 12.3 Å². The molecular weight excluding hydrogens is 318 g/mol. The van der Waals surface area contributed by atoms with Gasteiger partial charge in [-0.3, -0.25) is 4.79 Å². The standard InChI is InChI=1S/C14H20F2N2OS.ClH/c1-9(2)5-10(7-17)18-14(19)8-20-11-3-4-12(15)13(16)6-11;/h3-4,6,9-10H,5,7-8,17H2,1-2H3,(H,18,19);1H. The number of carbonyl (C=O) groups is 1. The lowest BCUT2D eigenvalue weighted by atomic mass is 10.0. The Morgan fingerprint density at radius 3 is 2.52 bits per heavy atom. The molecule has 1 rings (SSSR count). The zero-order valence-electron chi connectivity index (χ0n) is 12.1. The molecule has 0 aliphatic rings. The van der Waals surface area contributed by atoms with Crippen molar-refractivity contribution in [2.45, 2.75) is 31.2 Å². The number of thioether (sulfide) groups is 1. The lowest BCUT2D eigenvalue weighted by molar-refractivity contribution is -0.119. The number of halogens is 3. The van der Waals surface area contributed by atoms with Crippen molar-refractivity contribution in [3.63, 3.8) is 0 Å². The van der Waals surface area contributed by atoms with Crippen LogP contribution in [0, 0.1) is 17.6 Å². The van der Waals surface area contributed by atoms with Crippen molar-refractivity contribution in [1.82, 2.24) is 5.32 Å². The van der Waals surface area contributed by atoms with Crippen molar-refractivity contribution < 1.29 is 13.6 Å². The lowest BCUT2D eigenvalue weighted by Crippen LogP contribution is -2.41. The number of nitrogens with one attached hydrogen (secondary N) is 1. The number of amides is 1. The highest BCUT2D eigenvalue weighted by atomic mass is 35.5. The van der Waals surface area contributed by atoms with Crippen LogP contribution in [0.4, 0.5) is 8.78 Å². The summed E-state index contributed by atoms with van der Waals surface area (Å²) < 4.78 is 25.8. The summed E-state index contributed by atoms with van der Waals surface area (Å²) in [7, 11) is 0. The molecule has 0 aromatic heterocycles. The zero-order valence-corrected chi connectivity index (χ0v) is 13.7. The topological polar surface area (TPSA) is 55.1 Å². The summed E-state index contributed by atoms with van der Waals surface area (Å²) in [4.78, 5) is 12.3. The summed E-state index contributed by atoms with van der Waals surface area (Å²) in [5.41, 5.74) is 5.60. The maximum absolute atomic E-state index is 13.0. The minimum Gasteiger partial charge on any atom is -0.351 e. The normalized spacial score (nSPS) is 11.9. The predicted octanol–water partition coefficient (Wildman–Crippen LogP) is 2.97. The molecule has 7 heteroatoms. The van der Waals surface area contributed by atoms with Gasteiger partial charge < -0.3 is 11.1 Å². The Balaban J connectivity index is 0.00000400. The van der Waals surface area contributed by atoms with E-state index in [9.17, 15) is 13.6 Å². The number of carbonyl (C=O) groups excluding carboxylic acids is 1. The number of benzene rings is 1. The van der Waals surface area contributed by atoms with Crippen LogP contribution in [-0.4, -0.2) is 24.2 Å². The quantitative estimate of drug-likeness (QED) is 0.751. The van der Waals surface area contributed by atoms with Crippen LogP contribution in [0.1, 0.15) is 20.3 Å². The first-order valence-corrected chi connectivity index (χ1v) is 7.48. The average Bonchev–Trinajstić information content (AvgIpc) is 2.39. The molecule has 1 aromatic carbocycles. The van der Waals surface area contributed by atoms with Gasteiger partial charge in [0, 0.05) is 17.5 Å². The van der Waals surface area contributed by atoms with Crippen molar-refractivity contribution in [1.29, 1.82) is 0 Å². The van der Waals surface area contributed by atoms with Gasteiger partial charge in [0.25, 0.3) is 0 Å². The lowest BCUT2D eigenvalue weighted by Gasteiger charge is -2.18. The fourth-order valence-electron chi connectivity index (χ4n) is 1.77. The summed E-state index contributed by atoms with van der Waals surface area (Å²) >= 11 is 1.16.